The zero-order valence-electron chi connectivity index (χ0n) is 6.42. The van der Waals surface area contributed by atoms with E-state index < -0.39 is 0 Å². The van der Waals surface area contributed by atoms with Gasteiger partial charge in [0.15, 0.2) is 0 Å². The molecule has 1 atom stereocenters. The molecule has 1 N–H and O–H groups in total. The minimum Gasteiger partial charge on any atom is -0.393 e. The third kappa shape index (κ3) is 8.31. The Balaban J connectivity index is 2.91. The highest BCUT2D eigenvalue weighted by Gasteiger charge is 1.97. The smallest absolute Gasteiger partial charge is 0.0602 e. The summed E-state index contributed by atoms with van der Waals surface area (Å²) in [7, 11) is 0. The lowest BCUT2D eigenvalue weighted by Crippen LogP contribution is -2.04. The SMILES string of the molecule is CC(C)CSCC(C)O. The van der Waals surface area contributed by atoms with Crippen LogP contribution < -0.4 is 0 Å². The molecular formula is C7H16OS. The van der Waals surface area contributed by atoms with Crippen LogP contribution in [0.25, 0.3) is 0 Å². The average Bonchev–Trinajstić information content (AvgIpc) is 1.63. The maximum absolute atomic E-state index is 8.84. The highest BCUT2D eigenvalue weighted by molar-refractivity contribution is 7.99. The summed E-state index contributed by atoms with van der Waals surface area (Å²) < 4.78 is 0. The topological polar surface area (TPSA) is 20.2 Å². The van der Waals surface area contributed by atoms with Crippen LogP contribution >= 0.6 is 11.8 Å². The van der Waals surface area contributed by atoms with Crippen molar-refractivity contribution in [1.82, 2.24) is 0 Å². The second-order valence-corrected chi connectivity index (χ2v) is 3.86. The molecule has 1 nitrogen and oxygen atoms in total. The monoisotopic (exact) mass is 148 g/mol. The molecule has 0 saturated heterocycles. The fourth-order valence-electron chi connectivity index (χ4n) is 0.474. The van der Waals surface area contributed by atoms with Crippen molar-refractivity contribution in [3.05, 3.63) is 0 Å². The van der Waals surface area contributed by atoms with Crippen LogP contribution in [0.15, 0.2) is 0 Å². The van der Waals surface area contributed by atoms with E-state index in [1.807, 2.05) is 18.7 Å². The van der Waals surface area contributed by atoms with Gasteiger partial charge in [-0.3, -0.25) is 0 Å². The summed E-state index contributed by atoms with van der Waals surface area (Å²) in [6.07, 6.45) is -0.145. The number of hydrogen-bond acceptors (Lipinski definition) is 2. The summed E-state index contributed by atoms with van der Waals surface area (Å²) in [5.41, 5.74) is 0. The largest absolute Gasteiger partial charge is 0.393 e. The van der Waals surface area contributed by atoms with Gasteiger partial charge in [0, 0.05) is 5.75 Å². The normalized spacial score (nSPS) is 14.3. The third-order valence-electron chi connectivity index (χ3n) is 0.810. The Bertz CT molecular complexity index is 53.9. The van der Waals surface area contributed by atoms with Crippen LogP contribution in [0.3, 0.4) is 0 Å². The first-order valence-electron chi connectivity index (χ1n) is 3.38. The summed E-state index contributed by atoms with van der Waals surface area (Å²) in [6, 6.07) is 0. The van der Waals surface area contributed by atoms with Crippen molar-refractivity contribution in [2.45, 2.75) is 26.9 Å². The minimum absolute atomic E-state index is 0.145. The number of thioether (sulfide) groups is 1. The molecule has 0 saturated carbocycles. The molecule has 0 radical (unpaired) electrons. The fraction of sp³-hybridized carbons (Fsp3) is 1.00. The van der Waals surface area contributed by atoms with Crippen LogP contribution in [0.2, 0.25) is 0 Å². The molecule has 0 fully saturated rings. The maximum atomic E-state index is 8.84. The van der Waals surface area contributed by atoms with Gasteiger partial charge in [0.1, 0.15) is 0 Å². The van der Waals surface area contributed by atoms with Gasteiger partial charge in [-0.2, -0.15) is 11.8 Å². The quantitative estimate of drug-likeness (QED) is 0.655. The van der Waals surface area contributed by atoms with Crippen molar-refractivity contribution in [3.63, 3.8) is 0 Å². The minimum atomic E-state index is -0.145. The van der Waals surface area contributed by atoms with Gasteiger partial charge < -0.3 is 5.11 Å². The molecule has 9 heavy (non-hydrogen) atoms. The van der Waals surface area contributed by atoms with Gasteiger partial charge in [-0.1, -0.05) is 13.8 Å². The van der Waals surface area contributed by atoms with E-state index >= 15 is 0 Å². The Morgan fingerprint density at radius 1 is 1.22 bits per heavy atom. The Labute approximate surface area is 61.8 Å². The summed E-state index contributed by atoms with van der Waals surface area (Å²) in [4.78, 5) is 0. The summed E-state index contributed by atoms with van der Waals surface area (Å²) in [6.45, 7) is 6.21. The predicted molar refractivity (Wildman–Crippen MR) is 43.8 cm³/mol. The van der Waals surface area contributed by atoms with E-state index in [0.717, 1.165) is 17.4 Å². The lowest BCUT2D eigenvalue weighted by molar-refractivity contribution is 0.220. The lowest BCUT2D eigenvalue weighted by atomic mass is 10.3. The highest BCUT2D eigenvalue weighted by Crippen LogP contribution is 2.08. The van der Waals surface area contributed by atoms with Crippen molar-refractivity contribution in [2.24, 2.45) is 5.92 Å². The Morgan fingerprint density at radius 2 is 1.78 bits per heavy atom. The number of aliphatic hydroxyl groups excluding tert-OH is 1. The van der Waals surface area contributed by atoms with Crippen LogP contribution in [0.4, 0.5) is 0 Å². The maximum Gasteiger partial charge on any atom is 0.0602 e. The third-order valence-corrected chi connectivity index (χ3v) is 2.43. The van der Waals surface area contributed by atoms with Crippen LogP contribution in [0.1, 0.15) is 20.8 Å². The van der Waals surface area contributed by atoms with Gasteiger partial charge in [0.2, 0.25) is 0 Å². The number of aliphatic hydroxyl groups is 1. The van der Waals surface area contributed by atoms with Crippen molar-refractivity contribution >= 4 is 11.8 Å². The van der Waals surface area contributed by atoms with E-state index in [2.05, 4.69) is 13.8 Å². The van der Waals surface area contributed by atoms with E-state index in [1.54, 1.807) is 0 Å². The average molecular weight is 148 g/mol. The van der Waals surface area contributed by atoms with E-state index in [1.165, 1.54) is 0 Å². The van der Waals surface area contributed by atoms with E-state index in [-0.39, 0.29) is 6.10 Å². The molecule has 0 aliphatic heterocycles. The van der Waals surface area contributed by atoms with Crippen molar-refractivity contribution in [3.8, 4) is 0 Å². The van der Waals surface area contributed by atoms with Gasteiger partial charge in [-0.15, -0.1) is 0 Å². The molecule has 0 aliphatic carbocycles. The molecule has 1 unspecified atom stereocenters. The van der Waals surface area contributed by atoms with E-state index in [0.29, 0.717) is 0 Å². The second kappa shape index (κ2) is 5.12. The van der Waals surface area contributed by atoms with Crippen LogP contribution in [-0.4, -0.2) is 22.7 Å². The molecule has 0 aromatic heterocycles. The Hall–Kier alpha value is 0.310. The molecule has 0 amide bonds. The summed E-state index contributed by atoms with van der Waals surface area (Å²) in [5.74, 6) is 2.78. The Morgan fingerprint density at radius 3 is 2.11 bits per heavy atom. The van der Waals surface area contributed by atoms with Gasteiger partial charge in [-0.05, 0) is 18.6 Å². The zero-order chi connectivity index (χ0) is 7.28. The fourth-order valence-corrected chi connectivity index (χ4v) is 1.42. The standard InChI is InChI=1S/C7H16OS/c1-6(2)4-9-5-7(3)8/h6-8H,4-5H2,1-3H3. The first-order valence-corrected chi connectivity index (χ1v) is 4.54. The number of hydrogen-bond donors (Lipinski definition) is 1. The van der Waals surface area contributed by atoms with Crippen molar-refractivity contribution < 1.29 is 5.11 Å². The van der Waals surface area contributed by atoms with Crippen LogP contribution in [0.5, 0.6) is 0 Å². The summed E-state index contributed by atoms with van der Waals surface area (Å²) >= 11 is 1.82. The zero-order valence-corrected chi connectivity index (χ0v) is 7.24. The van der Waals surface area contributed by atoms with Crippen molar-refractivity contribution in [2.75, 3.05) is 11.5 Å². The van der Waals surface area contributed by atoms with Crippen LogP contribution in [0, 0.1) is 5.92 Å². The molecule has 0 spiro atoms. The van der Waals surface area contributed by atoms with Crippen molar-refractivity contribution in [1.29, 1.82) is 0 Å². The van der Waals surface area contributed by atoms with Gasteiger partial charge in [0.25, 0.3) is 0 Å². The number of rotatable bonds is 4. The van der Waals surface area contributed by atoms with Crippen LogP contribution in [-0.2, 0) is 0 Å². The van der Waals surface area contributed by atoms with E-state index in [4.69, 9.17) is 5.11 Å². The lowest BCUT2D eigenvalue weighted by Gasteiger charge is -2.05. The molecule has 0 aromatic rings. The summed E-state index contributed by atoms with van der Waals surface area (Å²) in [5, 5.41) is 8.84. The predicted octanol–water partition coefficient (Wildman–Crippen LogP) is 1.76. The molecule has 2 heteroatoms. The first-order chi connectivity index (χ1) is 4.13. The van der Waals surface area contributed by atoms with Gasteiger partial charge >= 0.3 is 0 Å². The molecule has 0 rings (SSSR count). The molecule has 56 valence electrons. The first kappa shape index (κ1) is 9.31. The van der Waals surface area contributed by atoms with E-state index in [9.17, 15) is 0 Å². The van der Waals surface area contributed by atoms with Gasteiger partial charge in [-0.25, -0.2) is 0 Å². The molecule has 0 aromatic carbocycles. The molecule has 0 bridgehead atoms. The van der Waals surface area contributed by atoms with Gasteiger partial charge in [0.05, 0.1) is 6.10 Å². The second-order valence-electron chi connectivity index (χ2n) is 2.78. The highest BCUT2D eigenvalue weighted by atomic mass is 32.2. The molecular weight excluding hydrogens is 132 g/mol. The Kier molecular flexibility index (Phi) is 5.30. The molecule has 0 heterocycles. The molecule has 0 aliphatic rings.